The fourth-order valence-electron chi connectivity index (χ4n) is 4.30. The minimum Gasteiger partial charge on any atom is -0.480 e. The van der Waals surface area contributed by atoms with Crippen LogP contribution < -0.4 is 11.5 Å². The van der Waals surface area contributed by atoms with Crippen molar-refractivity contribution in [1.82, 2.24) is 0 Å². The lowest BCUT2D eigenvalue weighted by atomic mass is 9.98. The van der Waals surface area contributed by atoms with E-state index in [-0.39, 0.29) is 24.6 Å². The molecule has 0 saturated carbocycles. The fourth-order valence-corrected chi connectivity index (χ4v) is 4.30. The Morgan fingerprint density at radius 1 is 0.900 bits per heavy atom. The van der Waals surface area contributed by atoms with E-state index in [1.54, 1.807) is 20.8 Å². The smallest absolute Gasteiger partial charge is 0.353 e. The molecule has 0 radical (unpaired) electrons. The molecule has 0 aromatic heterocycles. The number of hydrogen-bond acceptors (Lipinski definition) is 7. The standard InChI is InChI=1S/C23H25NO4.C9H11NO2/c1-23(2,3)28-21(25)13-12-20(24)22(26)27-14-19-17-10-6-4-8-15(17)16-9-5-7-11-18(16)19;10-8(9(11)12)6-7-4-2-1-3-5-7/h4-12,19H,13-14,24H2,1-3H3;1-5,8H,6,10H2,(H,11,12)/t;8-/m.0/s1. The number of benzene rings is 3. The average Bonchev–Trinajstić information content (AvgIpc) is 3.24. The summed E-state index contributed by atoms with van der Waals surface area (Å²) < 4.78 is 10.6. The van der Waals surface area contributed by atoms with Crippen molar-refractivity contribution in [2.45, 2.75) is 51.2 Å². The van der Waals surface area contributed by atoms with Crippen LogP contribution in [0.15, 0.2) is 90.6 Å². The van der Waals surface area contributed by atoms with Gasteiger partial charge in [0.2, 0.25) is 0 Å². The average molecular weight is 545 g/mol. The van der Waals surface area contributed by atoms with E-state index in [1.807, 2.05) is 54.6 Å². The molecule has 0 fully saturated rings. The highest BCUT2D eigenvalue weighted by Crippen LogP contribution is 2.44. The molecule has 1 aliphatic carbocycles. The summed E-state index contributed by atoms with van der Waals surface area (Å²) in [4.78, 5) is 34.4. The van der Waals surface area contributed by atoms with Crippen molar-refractivity contribution in [2.24, 2.45) is 11.5 Å². The Labute approximate surface area is 234 Å². The maximum atomic E-state index is 12.3. The van der Waals surface area contributed by atoms with E-state index in [4.69, 9.17) is 26.0 Å². The summed E-state index contributed by atoms with van der Waals surface area (Å²) >= 11 is 0. The molecule has 8 heteroatoms. The van der Waals surface area contributed by atoms with E-state index >= 15 is 0 Å². The van der Waals surface area contributed by atoms with Gasteiger partial charge in [-0.05, 0) is 61.1 Å². The molecular formula is C32H36N2O6. The third kappa shape index (κ3) is 8.54. The minimum absolute atomic E-state index is 0.0324. The number of aliphatic carboxylic acids is 1. The van der Waals surface area contributed by atoms with Crippen molar-refractivity contribution < 1.29 is 29.0 Å². The summed E-state index contributed by atoms with van der Waals surface area (Å²) in [5.41, 5.74) is 16.0. The molecule has 40 heavy (non-hydrogen) atoms. The molecule has 0 unspecified atom stereocenters. The van der Waals surface area contributed by atoms with Gasteiger partial charge in [-0.2, -0.15) is 0 Å². The SMILES string of the molecule is CC(C)(C)OC(=O)CC=C(N)C(=O)OCC1c2ccccc2-c2ccccc21.N[C@@H](Cc1ccccc1)C(=O)O. The summed E-state index contributed by atoms with van der Waals surface area (Å²) in [5.74, 6) is -2.07. The van der Waals surface area contributed by atoms with Gasteiger partial charge in [0.05, 0.1) is 6.42 Å². The van der Waals surface area contributed by atoms with Gasteiger partial charge in [-0.3, -0.25) is 9.59 Å². The van der Waals surface area contributed by atoms with Crippen LogP contribution in [0, 0.1) is 0 Å². The van der Waals surface area contributed by atoms with Crippen molar-refractivity contribution in [2.75, 3.05) is 6.61 Å². The van der Waals surface area contributed by atoms with Crippen LogP contribution in [0.2, 0.25) is 0 Å². The molecule has 0 spiro atoms. The van der Waals surface area contributed by atoms with Crippen molar-refractivity contribution >= 4 is 17.9 Å². The Morgan fingerprint density at radius 3 is 1.95 bits per heavy atom. The van der Waals surface area contributed by atoms with Crippen LogP contribution in [-0.2, 0) is 30.3 Å². The van der Waals surface area contributed by atoms with Gasteiger partial charge in [0, 0.05) is 5.92 Å². The number of nitrogens with two attached hydrogens (primary N) is 2. The highest BCUT2D eigenvalue weighted by molar-refractivity contribution is 5.88. The molecule has 0 saturated heterocycles. The van der Waals surface area contributed by atoms with Gasteiger partial charge in [-0.1, -0.05) is 78.9 Å². The van der Waals surface area contributed by atoms with Crippen LogP contribution in [0.4, 0.5) is 0 Å². The van der Waals surface area contributed by atoms with Crippen LogP contribution >= 0.6 is 0 Å². The number of carboxylic acid groups (broad SMARTS) is 1. The van der Waals surface area contributed by atoms with Crippen molar-refractivity contribution in [1.29, 1.82) is 0 Å². The van der Waals surface area contributed by atoms with E-state index in [0.717, 1.165) is 27.8 Å². The Kier molecular flexibility index (Phi) is 10.2. The van der Waals surface area contributed by atoms with Crippen LogP contribution in [0.1, 0.15) is 49.8 Å². The van der Waals surface area contributed by atoms with Gasteiger partial charge in [0.1, 0.15) is 23.9 Å². The quantitative estimate of drug-likeness (QED) is 0.277. The molecule has 0 aliphatic heterocycles. The number of fused-ring (bicyclic) bond motifs is 3. The van der Waals surface area contributed by atoms with Gasteiger partial charge in [-0.15, -0.1) is 0 Å². The molecule has 4 rings (SSSR count). The summed E-state index contributed by atoms with van der Waals surface area (Å²) in [6.45, 7) is 5.53. The molecule has 1 atom stereocenters. The third-order valence-electron chi connectivity index (χ3n) is 6.10. The molecule has 0 amide bonds. The summed E-state index contributed by atoms with van der Waals surface area (Å²) in [5, 5.41) is 8.52. The number of hydrogen-bond donors (Lipinski definition) is 3. The van der Waals surface area contributed by atoms with Gasteiger partial charge in [-0.25, -0.2) is 4.79 Å². The topological polar surface area (TPSA) is 142 Å². The Bertz CT molecular complexity index is 1320. The summed E-state index contributed by atoms with van der Waals surface area (Å²) in [6, 6.07) is 24.8. The van der Waals surface area contributed by atoms with E-state index in [2.05, 4.69) is 24.3 Å². The molecule has 1 aliphatic rings. The van der Waals surface area contributed by atoms with Crippen molar-refractivity contribution in [3.05, 3.63) is 107 Å². The molecule has 0 heterocycles. The first-order valence-electron chi connectivity index (χ1n) is 13.0. The lowest BCUT2D eigenvalue weighted by Crippen LogP contribution is -2.32. The fraction of sp³-hybridized carbons (Fsp3) is 0.281. The zero-order valence-corrected chi connectivity index (χ0v) is 23.0. The summed E-state index contributed by atoms with van der Waals surface area (Å²) in [6.07, 6.45) is 1.65. The third-order valence-corrected chi connectivity index (χ3v) is 6.10. The normalized spacial score (nSPS) is 13.2. The van der Waals surface area contributed by atoms with Crippen LogP contribution in [-0.4, -0.2) is 41.3 Å². The first-order valence-corrected chi connectivity index (χ1v) is 13.0. The van der Waals surface area contributed by atoms with E-state index in [0.29, 0.717) is 6.42 Å². The molecule has 210 valence electrons. The largest absolute Gasteiger partial charge is 0.480 e. The lowest BCUT2D eigenvalue weighted by Gasteiger charge is -2.18. The molecule has 8 nitrogen and oxygen atoms in total. The van der Waals surface area contributed by atoms with Gasteiger partial charge >= 0.3 is 17.9 Å². The lowest BCUT2D eigenvalue weighted by molar-refractivity contribution is -0.153. The minimum atomic E-state index is -0.959. The van der Waals surface area contributed by atoms with Crippen molar-refractivity contribution in [3.8, 4) is 11.1 Å². The van der Waals surface area contributed by atoms with Crippen LogP contribution in [0.3, 0.4) is 0 Å². The van der Waals surface area contributed by atoms with Gasteiger partial charge < -0.3 is 26.0 Å². The first kappa shape index (κ1) is 30.1. The van der Waals surface area contributed by atoms with E-state index in [9.17, 15) is 14.4 Å². The summed E-state index contributed by atoms with van der Waals surface area (Å²) in [7, 11) is 0. The second-order valence-electron chi connectivity index (χ2n) is 10.4. The second kappa shape index (κ2) is 13.6. The van der Waals surface area contributed by atoms with E-state index < -0.39 is 29.6 Å². The van der Waals surface area contributed by atoms with Gasteiger partial charge in [0.15, 0.2) is 0 Å². The first-order chi connectivity index (χ1) is 19.0. The number of esters is 2. The highest BCUT2D eigenvalue weighted by atomic mass is 16.6. The molecule has 0 bridgehead atoms. The number of carbonyl (C=O) groups is 3. The van der Waals surface area contributed by atoms with Crippen LogP contribution in [0.25, 0.3) is 11.1 Å². The molecule has 5 N–H and O–H groups in total. The maximum absolute atomic E-state index is 12.3. The van der Waals surface area contributed by atoms with Gasteiger partial charge in [0.25, 0.3) is 0 Å². The predicted molar refractivity (Wildman–Crippen MR) is 153 cm³/mol. The Morgan fingerprint density at radius 2 is 1.43 bits per heavy atom. The maximum Gasteiger partial charge on any atom is 0.353 e. The molecular weight excluding hydrogens is 508 g/mol. The predicted octanol–water partition coefficient (Wildman–Crippen LogP) is 4.56. The second-order valence-corrected chi connectivity index (χ2v) is 10.4. The Balaban J connectivity index is 0.000000307. The van der Waals surface area contributed by atoms with Crippen LogP contribution in [0.5, 0.6) is 0 Å². The zero-order valence-electron chi connectivity index (χ0n) is 23.0. The number of rotatable bonds is 8. The highest BCUT2D eigenvalue weighted by Gasteiger charge is 2.29. The molecule has 3 aromatic rings. The Hall–Kier alpha value is -4.43. The number of ether oxygens (including phenoxy) is 2. The monoisotopic (exact) mass is 544 g/mol. The molecule has 3 aromatic carbocycles. The zero-order chi connectivity index (χ0) is 29.3. The number of carboxylic acids is 1. The number of carbonyl (C=O) groups excluding carboxylic acids is 2. The van der Waals surface area contributed by atoms with E-state index in [1.165, 1.54) is 6.08 Å². The van der Waals surface area contributed by atoms with Crippen molar-refractivity contribution in [3.63, 3.8) is 0 Å².